The van der Waals surface area contributed by atoms with Crippen LogP contribution in [0.25, 0.3) is 10.8 Å². The molecule has 22 heavy (non-hydrogen) atoms. The van der Waals surface area contributed by atoms with Crippen molar-refractivity contribution < 1.29 is 14.6 Å². The van der Waals surface area contributed by atoms with Crippen LogP contribution in [0, 0.1) is 0 Å². The first-order valence-corrected chi connectivity index (χ1v) is 7.57. The van der Waals surface area contributed by atoms with Crippen molar-refractivity contribution in [3.8, 4) is 5.75 Å². The number of carbonyl (C=O) groups excluding carboxylic acids is 1. The van der Waals surface area contributed by atoms with Crippen LogP contribution in [0.1, 0.15) is 15.9 Å². The van der Waals surface area contributed by atoms with E-state index in [1.807, 2.05) is 48.5 Å². The highest BCUT2D eigenvalue weighted by Crippen LogP contribution is 2.26. The van der Waals surface area contributed by atoms with Crippen LogP contribution in [-0.2, 0) is 11.3 Å². The van der Waals surface area contributed by atoms with Gasteiger partial charge in [-0.1, -0.05) is 58.4 Å². The first kappa shape index (κ1) is 14.6. The lowest BCUT2D eigenvalue weighted by atomic mass is 10.1. The highest BCUT2D eigenvalue weighted by molar-refractivity contribution is 9.10. The summed E-state index contributed by atoms with van der Waals surface area (Å²) in [5.41, 5.74) is 1.04. The summed E-state index contributed by atoms with van der Waals surface area (Å²) in [5.74, 6) is -0.616. The maximum absolute atomic E-state index is 12.2. The zero-order chi connectivity index (χ0) is 15.5. The number of phenols is 1. The van der Waals surface area contributed by atoms with E-state index in [1.165, 1.54) is 0 Å². The number of aromatic hydroxyl groups is 1. The monoisotopic (exact) mass is 356 g/mol. The smallest absolute Gasteiger partial charge is 0.342 e. The summed E-state index contributed by atoms with van der Waals surface area (Å²) in [7, 11) is 0. The normalized spacial score (nSPS) is 10.6. The van der Waals surface area contributed by atoms with Crippen molar-refractivity contribution in [2.24, 2.45) is 0 Å². The number of carbonyl (C=O) groups is 1. The average Bonchev–Trinajstić information content (AvgIpc) is 2.53. The number of phenolic OH excluding ortho intramolecular Hbond substituents is 1. The Bertz CT molecular complexity index is 843. The van der Waals surface area contributed by atoms with Gasteiger partial charge in [-0.3, -0.25) is 0 Å². The van der Waals surface area contributed by atoms with E-state index in [0.29, 0.717) is 0 Å². The summed E-state index contributed by atoms with van der Waals surface area (Å²) < 4.78 is 6.18. The molecule has 3 rings (SSSR count). The molecule has 0 saturated carbocycles. The Balaban J connectivity index is 1.83. The SMILES string of the molecule is O=C(OCc1ccccc1Br)c1cc2ccccc2cc1O. The molecule has 0 radical (unpaired) electrons. The van der Waals surface area contributed by atoms with Gasteiger partial charge in [-0.2, -0.15) is 0 Å². The Morgan fingerprint density at radius 3 is 2.36 bits per heavy atom. The number of benzene rings is 3. The predicted octanol–water partition coefficient (Wildman–Crippen LogP) is 4.66. The van der Waals surface area contributed by atoms with Crippen molar-refractivity contribution in [3.05, 3.63) is 76.3 Å². The van der Waals surface area contributed by atoms with E-state index in [0.717, 1.165) is 20.8 Å². The molecule has 3 nitrogen and oxygen atoms in total. The molecule has 0 spiro atoms. The Kier molecular flexibility index (Phi) is 4.11. The number of ether oxygens (including phenoxy) is 1. The Morgan fingerprint density at radius 2 is 1.64 bits per heavy atom. The molecule has 4 heteroatoms. The fourth-order valence-electron chi connectivity index (χ4n) is 2.23. The third-order valence-corrected chi connectivity index (χ3v) is 4.17. The van der Waals surface area contributed by atoms with Gasteiger partial charge in [-0.15, -0.1) is 0 Å². The number of hydrogen-bond acceptors (Lipinski definition) is 3. The largest absolute Gasteiger partial charge is 0.507 e. The molecule has 0 amide bonds. The van der Waals surface area contributed by atoms with E-state index in [-0.39, 0.29) is 17.9 Å². The van der Waals surface area contributed by atoms with Gasteiger partial charge in [0.1, 0.15) is 17.9 Å². The van der Waals surface area contributed by atoms with Crippen LogP contribution in [0.2, 0.25) is 0 Å². The van der Waals surface area contributed by atoms with Gasteiger partial charge in [0.25, 0.3) is 0 Å². The number of rotatable bonds is 3. The summed E-state index contributed by atoms with van der Waals surface area (Å²) in [6, 6.07) is 18.3. The second kappa shape index (κ2) is 6.20. The highest BCUT2D eigenvalue weighted by Gasteiger charge is 2.14. The van der Waals surface area contributed by atoms with Crippen LogP contribution < -0.4 is 0 Å². The number of fused-ring (bicyclic) bond motifs is 1. The van der Waals surface area contributed by atoms with Gasteiger partial charge in [0, 0.05) is 10.0 Å². The Hall–Kier alpha value is -2.33. The highest BCUT2D eigenvalue weighted by atomic mass is 79.9. The molecule has 0 aliphatic carbocycles. The lowest BCUT2D eigenvalue weighted by Gasteiger charge is -2.09. The fourth-order valence-corrected chi connectivity index (χ4v) is 2.63. The van der Waals surface area contributed by atoms with E-state index in [4.69, 9.17) is 4.74 Å². The summed E-state index contributed by atoms with van der Waals surface area (Å²) in [5, 5.41) is 11.8. The van der Waals surface area contributed by atoms with Crippen LogP contribution >= 0.6 is 15.9 Å². The van der Waals surface area contributed by atoms with Crippen LogP contribution in [0.4, 0.5) is 0 Å². The zero-order valence-corrected chi connectivity index (χ0v) is 13.2. The minimum atomic E-state index is -0.543. The number of hydrogen-bond donors (Lipinski definition) is 1. The van der Waals surface area contributed by atoms with Crippen LogP contribution in [0.15, 0.2) is 65.1 Å². The average molecular weight is 357 g/mol. The number of esters is 1. The van der Waals surface area contributed by atoms with Crippen molar-refractivity contribution in [2.45, 2.75) is 6.61 Å². The van der Waals surface area contributed by atoms with E-state index >= 15 is 0 Å². The first-order valence-electron chi connectivity index (χ1n) is 6.77. The molecule has 0 fully saturated rings. The maximum atomic E-state index is 12.2. The third kappa shape index (κ3) is 2.97. The van der Waals surface area contributed by atoms with E-state index < -0.39 is 5.97 Å². The van der Waals surface area contributed by atoms with Gasteiger partial charge in [-0.05, 0) is 29.0 Å². The molecular formula is C18H13BrO3. The third-order valence-electron chi connectivity index (χ3n) is 3.40. The molecule has 0 aliphatic rings. The number of halogens is 1. The Morgan fingerprint density at radius 1 is 1.00 bits per heavy atom. The summed E-state index contributed by atoms with van der Waals surface area (Å²) >= 11 is 3.41. The second-order valence-corrected chi connectivity index (χ2v) is 5.74. The molecule has 3 aromatic carbocycles. The van der Waals surface area contributed by atoms with Crippen LogP contribution in [-0.4, -0.2) is 11.1 Å². The quantitative estimate of drug-likeness (QED) is 0.694. The molecule has 1 N–H and O–H groups in total. The standard InChI is InChI=1S/C18H13BrO3/c19-16-8-4-3-7-14(16)11-22-18(21)15-9-12-5-1-2-6-13(12)10-17(15)20/h1-10,20H,11H2. The molecule has 0 bridgehead atoms. The van der Waals surface area contributed by atoms with Gasteiger partial charge >= 0.3 is 5.97 Å². The van der Waals surface area contributed by atoms with Crippen molar-refractivity contribution in [2.75, 3.05) is 0 Å². The molecule has 0 saturated heterocycles. The van der Waals surface area contributed by atoms with Crippen LogP contribution in [0.5, 0.6) is 5.75 Å². The maximum Gasteiger partial charge on any atom is 0.342 e. The first-order chi connectivity index (χ1) is 10.6. The molecule has 0 atom stereocenters. The van der Waals surface area contributed by atoms with Gasteiger partial charge in [0.05, 0.1) is 0 Å². The molecule has 110 valence electrons. The van der Waals surface area contributed by atoms with Crippen molar-refractivity contribution in [1.29, 1.82) is 0 Å². The van der Waals surface area contributed by atoms with Crippen LogP contribution in [0.3, 0.4) is 0 Å². The van der Waals surface area contributed by atoms with Gasteiger partial charge in [-0.25, -0.2) is 4.79 Å². The van der Waals surface area contributed by atoms with E-state index in [1.54, 1.807) is 12.1 Å². The van der Waals surface area contributed by atoms with Gasteiger partial charge in [0.15, 0.2) is 0 Å². The molecule has 0 aliphatic heterocycles. The molecule has 0 aromatic heterocycles. The van der Waals surface area contributed by atoms with Crippen molar-refractivity contribution in [1.82, 2.24) is 0 Å². The van der Waals surface area contributed by atoms with Gasteiger partial charge < -0.3 is 9.84 Å². The predicted molar refractivity (Wildman–Crippen MR) is 88.9 cm³/mol. The second-order valence-electron chi connectivity index (χ2n) is 4.88. The summed E-state index contributed by atoms with van der Waals surface area (Å²) in [6.07, 6.45) is 0. The van der Waals surface area contributed by atoms with E-state index in [9.17, 15) is 9.90 Å². The summed E-state index contributed by atoms with van der Waals surface area (Å²) in [4.78, 5) is 12.2. The Labute approximate surface area is 136 Å². The lowest BCUT2D eigenvalue weighted by Crippen LogP contribution is -2.06. The minimum absolute atomic E-state index is 0.0733. The molecular weight excluding hydrogens is 344 g/mol. The van der Waals surface area contributed by atoms with Gasteiger partial charge in [0.2, 0.25) is 0 Å². The fraction of sp³-hybridized carbons (Fsp3) is 0.0556. The molecule has 0 unspecified atom stereocenters. The molecule has 0 heterocycles. The van der Waals surface area contributed by atoms with Crippen molar-refractivity contribution in [3.63, 3.8) is 0 Å². The van der Waals surface area contributed by atoms with E-state index in [2.05, 4.69) is 15.9 Å². The lowest BCUT2D eigenvalue weighted by molar-refractivity contribution is 0.0469. The topological polar surface area (TPSA) is 46.5 Å². The van der Waals surface area contributed by atoms with Crippen molar-refractivity contribution >= 4 is 32.7 Å². The molecule has 3 aromatic rings. The summed E-state index contributed by atoms with van der Waals surface area (Å²) in [6.45, 7) is 0.145. The minimum Gasteiger partial charge on any atom is -0.507 e. The zero-order valence-electron chi connectivity index (χ0n) is 11.6.